The van der Waals surface area contributed by atoms with Crippen LogP contribution in [0.1, 0.15) is 32.1 Å². The number of hydrazine groups is 1. The molecule has 26 heavy (non-hydrogen) atoms. The van der Waals surface area contributed by atoms with Crippen molar-refractivity contribution in [2.24, 2.45) is 0 Å². The maximum absolute atomic E-state index is 3.66. The highest BCUT2D eigenvalue weighted by molar-refractivity contribution is 4.69. The van der Waals surface area contributed by atoms with Crippen molar-refractivity contribution >= 4 is 0 Å². The molecule has 0 spiro atoms. The summed E-state index contributed by atoms with van der Waals surface area (Å²) in [6.45, 7) is 6.72. The van der Waals surface area contributed by atoms with Gasteiger partial charge in [-0.2, -0.15) is 0 Å². The van der Waals surface area contributed by atoms with E-state index in [1.807, 2.05) is 0 Å². The van der Waals surface area contributed by atoms with Crippen molar-refractivity contribution in [3.05, 3.63) is 0 Å². The Labute approximate surface area is 164 Å². The monoisotopic (exact) mass is 372 g/mol. The van der Waals surface area contributed by atoms with Crippen LogP contribution >= 0.6 is 0 Å². The molecule has 0 saturated heterocycles. The topological polar surface area (TPSA) is 28.2 Å². The maximum atomic E-state index is 3.66. The lowest BCUT2D eigenvalue weighted by molar-refractivity contribution is 0.146. The highest BCUT2D eigenvalue weighted by atomic mass is 15.5. The van der Waals surface area contributed by atoms with E-state index in [9.17, 15) is 0 Å². The van der Waals surface area contributed by atoms with E-state index in [-0.39, 0.29) is 0 Å². The molecule has 0 aromatic carbocycles. The number of hydrogen-bond acceptors (Lipinski definition) is 6. The summed E-state index contributed by atoms with van der Waals surface area (Å²) in [6.07, 6.45) is 6.28. The Morgan fingerprint density at radius 3 is 1.65 bits per heavy atom. The zero-order valence-electron chi connectivity index (χ0n) is 19.1. The second-order valence-corrected chi connectivity index (χ2v) is 8.56. The molecule has 0 heterocycles. The van der Waals surface area contributed by atoms with Crippen LogP contribution in [0.2, 0.25) is 0 Å². The molecular weight excluding hydrogens is 324 g/mol. The highest BCUT2D eigenvalue weighted by Crippen LogP contribution is 2.09. The molecule has 0 saturated carbocycles. The molecule has 0 aromatic heterocycles. The number of nitrogens with one attached hydrogen (secondary N) is 1. The third-order valence-electron chi connectivity index (χ3n) is 4.78. The average Bonchev–Trinajstić information content (AvgIpc) is 2.52. The fraction of sp³-hybridized carbons (Fsp3) is 1.00. The summed E-state index contributed by atoms with van der Waals surface area (Å²) in [4.78, 5) is 9.20. The minimum absolute atomic E-state index is 0.662. The number of unbranched alkanes of at least 4 members (excludes halogenated alkanes) is 1. The van der Waals surface area contributed by atoms with Crippen molar-refractivity contribution in [2.45, 2.75) is 38.1 Å². The third kappa shape index (κ3) is 16.0. The molecule has 6 heteroatoms. The third-order valence-corrected chi connectivity index (χ3v) is 4.78. The Bertz CT molecular complexity index is 307. The first-order valence-corrected chi connectivity index (χ1v) is 10.3. The highest BCUT2D eigenvalue weighted by Gasteiger charge is 2.14. The van der Waals surface area contributed by atoms with Gasteiger partial charge in [-0.3, -0.25) is 5.43 Å². The van der Waals surface area contributed by atoms with Gasteiger partial charge in [-0.15, -0.1) is 0 Å². The molecule has 0 aliphatic rings. The van der Waals surface area contributed by atoms with Gasteiger partial charge in [-0.25, -0.2) is 5.01 Å². The molecule has 1 atom stereocenters. The Hall–Kier alpha value is -0.240. The fourth-order valence-corrected chi connectivity index (χ4v) is 3.04. The first kappa shape index (κ1) is 25.8. The lowest BCUT2D eigenvalue weighted by Gasteiger charge is -2.30. The average molecular weight is 373 g/mol. The molecular formula is C20H48N6. The molecule has 0 radical (unpaired) electrons. The van der Waals surface area contributed by atoms with Gasteiger partial charge in [0, 0.05) is 32.2 Å². The zero-order valence-corrected chi connectivity index (χ0v) is 19.1. The van der Waals surface area contributed by atoms with E-state index in [1.54, 1.807) is 0 Å². The van der Waals surface area contributed by atoms with Crippen LogP contribution in [0.15, 0.2) is 0 Å². The van der Waals surface area contributed by atoms with Crippen LogP contribution in [0.4, 0.5) is 0 Å². The standard InChI is InChI=1S/C20H48N6/c1-22(2)15-9-10-17-26(21-14-19-24(5)6)18-13-20(25(7)8)12-11-16-23(3)4/h20-21H,9-19H2,1-8H3. The van der Waals surface area contributed by atoms with E-state index in [1.165, 1.54) is 45.2 Å². The number of nitrogens with zero attached hydrogens (tertiary/aromatic N) is 5. The molecule has 1 N–H and O–H groups in total. The Kier molecular flexibility index (Phi) is 15.6. The van der Waals surface area contributed by atoms with Gasteiger partial charge in [0.25, 0.3) is 0 Å². The van der Waals surface area contributed by atoms with Crippen molar-refractivity contribution in [2.75, 3.05) is 95.6 Å². The van der Waals surface area contributed by atoms with Gasteiger partial charge in [-0.1, -0.05) is 0 Å². The second-order valence-electron chi connectivity index (χ2n) is 8.56. The normalized spacial score (nSPS) is 13.7. The molecule has 0 bridgehead atoms. The van der Waals surface area contributed by atoms with Crippen LogP contribution in [-0.4, -0.2) is 126 Å². The second kappa shape index (κ2) is 15.8. The lowest BCUT2D eigenvalue weighted by atomic mass is 10.1. The van der Waals surface area contributed by atoms with E-state index in [0.29, 0.717) is 6.04 Å². The van der Waals surface area contributed by atoms with E-state index in [2.05, 4.69) is 86.4 Å². The fourth-order valence-electron chi connectivity index (χ4n) is 3.04. The quantitative estimate of drug-likeness (QED) is 0.306. The van der Waals surface area contributed by atoms with Gasteiger partial charge in [0.2, 0.25) is 0 Å². The summed E-state index contributed by atoms with van der Waals surface area (Å²) in [7, 11) is 17.4. The van der Waals surface area contributed by atoms with Crippen molar-refractivity contribution in [1.82, 2.24) is 30.0 Å². The van der Waals surface area contributed by atoms with E-state index in [4.69, 9.17) is 0 Å². The van der Waals surface area contributed by atoms with E-state index in [0.717, 1.165) is 26.2 Å². The van der Waals surface area contributed by atoms with Crippen LogP contribution < -0.4 is 5.43 Å². The van der Waals surface area contributed by atoms with E-state index >= 15 is 0 Å². The molecule has 0 rings (SSSR count). The molecule has 0 fully saturated rings. The van der Waals surface area contributed by atoms with Crippen LogP contribution in [0.25, 0.3) is 0 Å². The number of rotatable bonds is 17. The first-order chi connectivity index (χ1) is 12.2. The Morgan fingerprint density at radius 2 is 1.12 bits per heavy atom. The molecule has 6 nitrogen and oxygen atoms in total. The molecule has 1 unspecified atom stereocenters. The van der Waals surface area contributed by atoms with Crippen molar-refractivity contribution in [1.29, 1.82) is 0 Å². The Morgan fingerprint density at radius 1 is 0.577 bits per heavy atom. The van der Waals surface area contributed by atoms with Crippen LogP contribution in [0.5, 0.6) is 0 Å². The zero-order chi connectivity index (χ0) is 19.9. The lowest BCUT2D eigenvalue weighted by Crippen LogP contribution is -2.44. The minimum Gasteiger partial charge on any atom is -0.309 e. The summed E-state index contributed by atoms with van der Waals surface area (Å²) in [5, 5.41) is 2.46. The summed E-state index contributed by atoms with van der Waals surface area (Å²) < 4.78 is 0. The van der Waals surface area contributed by atoms with E-state index < -0.39 is 0 Å². The van der Waals surface area contributed by atoms with Crippen molar-refractivity contribution in [3.8, 4) is 0 Å². The van der Waals surface area contributed by atoms with Gasteiger partial charge in [-0.05, 0) is 102 Å². The predicted octanol–water partition coefficient (Wildman–Crippen LogP) is 1.36. The largest absolute Gasteiger partial charge is 0.309 e. The van der Waals surface area contributed by atoms with Crippen molar-refractivity contribution < 1.29 is 0 Å². The Balaban J connectivity index is 4.34. The summed E-state index contributed by atoms with van der Waals surface area (Å²) >= 11 is 0. The number of hydrogen-bond donors (Lipinski definition) is 1. The predicted molar refractivity (Wildman–Crippen MR) is 116 cm³/mol. The molecule has 0 aliphatic carbocycles. The smallest absolute Gasteiger partial charge is 0.0230 e. The maximum Gasteiger partial charge on any atom is 0.0230 e. The summed E-state index contributed by atoms with van der Waals surface area (Å²) in [5.41, 5.74) is 3.66. The SMILES string of the molecule is CN(C)CCCCN(CCC(CCCN(C)C)N(C)C)NCCN(C)C. The van der Waals surface area contributed by atoms with Crippen molar-refractivity contribution in [3.63, 3.8) is 0 Å². The van der Waals surface area contributed by atoms with Gasteiger partial charge >= 0.3 is 0 Å². The summed E-state index contributed by atoms with van der Waals surface area (Å²) in [5.74, 6) is 0. The van der Waals surface area contributed by atoms with Gasteiger partial charge < -0.3 is 19.6 Å². The van der Waals surface area contributed by atoms with Crippen LogP contribution in [-0.2, 0) is 0 Å². The molecule has 0 aliphatic heterocycles. The first-order valence-electron chi connectivity index (χ1n) is 10.3. The van der Waals surface area contributed by atoms with Gasteiger partial charge in [0.1, 0.15) is 0 Å². The molecule has 0 amide bonds. The minimum atomic E-state index is 0.662. The number of likely N-dealkylation sites (N-methyl/N-ethyl adjacent to an activating group) is 1. The van der Waals surface area contributed by atoms with Crippen LogP contribution in [0, 0.1) is 0 Å². The van der Waals surface area contributed by atoms with Gasteiger partial charge in [0.15, 0.2) is 0 Å². The van der Waals surface area contributed by atoms with Gasteiger partial charge in [0.05, 0.1) is 0 Å². The molecule has 0 aromatic rings. The molecule has 158 valence electrons. The van der Waals surface area contributed by atoms with Crippen LogP contribution in [0.3, 0.4) is 0 Å². The summed E-state index contributed by atoms with van der Waals surface area (Å²) in [6, 6.07) is 0.662.